The summed E-state index contributed by atoms with van der Waals surface area (Å²) in [5.41, 5.74) is 2.34. The molecule has 4 nitrogen and oxygen atoms in total. The van der Waals surface area contributed by atoms with E-state index in [4.69, 9.17) is 10.00 Å². The zero-order chi connectivity index (χ0) is 13.3. The quantitative estimate of drug-likeness (QED) is 0.858. The molecule has 0 radical (unpaired) electrons. The Hall–Kier alpha value is -2.38. The van der Waals surface area contributed by atoms with Crippen LogP contribution in [0.25, 0.3) is 0 Å². The standard InChI is InChI=1S/C15H15N3O/c16-7-9-19-15-5-3-13(4-6-15)10-18-12-14-2-1-8-17-11-14/h1-6,8,11,18H,9-10,12H2. The number of hydrogen-bond donors (Lipinski definition) is 1. The summed E-state index contributed by atoms with van der Waals surface area (Å²) in [4.78, 5) is 4.07. The van der Waals surface area contributed by atoms with Gasteiger partial charge in [0.1, 0.15) is 11.8 Å². The minimum absolute atomic E-state index is 0.0819. The molecule has 0 saturated carbocycles. The van der Waals surface area contributed by atoms with E-state index in [1.54, 1.807) is 6.20 Å². The summed E-state index contributed by atoms with van der Waals surface area (Å²) >= 11 is 0. The van der Waals surface area contributed by atoms with E-state index in [1.165, 1.54) is 5.56 Å². The normalized spacial score (nSPS) is 9.84. The molecule has 0 amide bonds. The lowest BCUT2D eigenvalue weighted by Crippen LogP contribution is -2.12. The molecular weight excluding hydrogens is 238 g/mol. The maximum absolute atomic E-state index is 8.42. The number of nitrogens with zero attached hydrogens (tertiary/aromatic N) is 2. The monoisotopic (exact) mass is 253 g/mol. The van der Waals surface area contributed by atoms with Gasteiger partial charge >= 0.3 is 0 Å². The average molecular weight is 253 g/mol. The van der Waals surface area contributed by atoms with Crippen molar-refractivity contribution in [2.24, 2.45) is 0 Å². The van der Waals surface area contributed by atoms with Crippen molar-refractivity contribution < 1.29 is 4.74 Å². The molecule has 1 aromatic carbocycles. The average Bonchev–Trinajstić information content (AvgIpc) is 2.47. The van der Waals surface area contributed by atoms with Crippen molar-refractivity contribution in [2.75, 3.05) is 6.61 Å². The minimum Gasteiger partial charge on any atom is -0.479 e. The zero-order valence-electron chi connectivity index (χ0n) is 10.5. The van der Waals surface area contributed by atoms with Crippen LogP contribution in [0.4, 0.5) is 0 Å². The number of nitriles is 1. The van der Waals surface area contributed by atoms with Crippen molar-refractivity contribution in [3.63, 3.8) is 0 Å². The molecule has 0 unspecified atom stereocenters. The number of aromatic nitrogens is 1. The fourth-order valence-corrected chi connectivity index (χ4v) is 1.67. The third kappa shape index (κ3) is 4.41. The van der Waals surface area contributed by atoms with E-state index < -0.39 is 0 Å². The van der Waals surface area contributed by atoms with Crippen molar-refractivity contribution in [1.29, 1.82) is 5.26 Å². The van der Waals surface area contributed by atoms with Gasteiger partial charge in [-0.3, -0.25) is 4.98 Å². The molecule has 1 heterocycles. The second kappa shape index (κ2) is 7.14. The highest BCUT2D eigenvalue weighted by molar-refractivity contribution is 5.27. The Morgan fingerprint density at radius 1 is 1.11 bits per heavy atom. The SMILES string of the molecule is N#CCOc1ccc(CNCc2cccnc2)cc1. The van der Waals surface area contributed by atoms with E-state index in [2.05, 4.69) is 10.3 Å². The molecule has 0 aliphatic heterocycles. The van der Waals surface area contributed by atoms with Gasteiger partial charge in [0.05, 0.1) is 0 Å². The number of hydrogen-bond acceptors (Lipinski definition) is 4. The number of nitrogens with one attached hydrogen (secondary N) is 1. The summed E-state index contributed by atoms with van der Waals surface area (Å²) in [5, 5.41) is 11.8. The molecule has 4 heteroatoms. The Labute approximate surface area is 112 Å². The van der Waals surface area contributed by atoms with Crippen LogP contribution in [-0.4, -0.2) is 11.6 Å². The van der Waals surface area contributed by atoms with E-state index in [0.29, 0.717) is 0 Å². The Morgan fingerprint density at radius 2 is 1.89 bits per heavy atom. The Balaban J connectivity index is 1.79. The molecule has 0 fully saturated rings. The van der Waals surface area contributed by atoms with Gasteiger partial charge in [0.25, 0.3) is 0 Å². The van der Waals surface area contributed by atoms with E-state index >= 15 is 0 Å². The minimum atomic E-state index is 0.0819. The van der Waals surface area contributed by atoms with Gasteiger partial charge in [-0.25, -0.2) is 0 Å². The third-order valence-corrected chi connectivity index (χ3v) is 2.61. The van der Waals surface area contributed by atoms with Crippen LogP contribution in [0.5, 0.6) is 5.75 Å². The highest BCUT2D eigenvalue weighted by Crippen LogP contribution is 2.11. The van der Waals surface area contributed by atoms with Gasteiger partial charge in [0.15, 0.2) is 6.61 Å². The van der Waals surface area contributed by atoms with Crippen LogP contribution < -0.4 is 10.1 Å². The van der Waals surface area contributed by atoms with Gasteiger partial charge in [-0.05, 0) is 29.3 Å². The van der Waals surface area contributed by atoms with Crippen molar-refractivity contribution in [1.82, 2.24) is 10.3 Å². The molecule has 1 N–H and O–H groups in total. The molecule has 1 aromatic heterocycles. The Kier molecular flexibility index (Phi) is 4.91. The van der Waals surface area contributed by atoms with Gasteiger partial charge in [-0.15, -0.1) is 0 Å². The molecular formula is C15H15N3O. The molecule has 0 spiro atoms. The molecule has 0 atom stereocenters. The van der Waals surface area contributed by atoms with Crippen LogP contribution >= 0.6 is 0 Å². The van der Waals surface area contributed by atoms with Gasteiger partial charge in [-0.2, -0.15) is 5.26 Å². The first-order chi connectivity index (χ1) is 9.38. The molecule has 0 saturated heterocycles. The maximum Gasteiger partial charge on any atom is 0.174 e. The zero-order valence-corrected chi connectivity index (χ0v) is 10.5. The molecule has 0 aliphatic rings. The number of ether oxygens (including phenoxy) is 1. The van der Waals surface area contributed by atoms with Crippen molar-refractivity contribution >= 4 is 0 Å². The lowest BCUT2D eigenvalue weighted by Gasteiger charge is -2.06. The Bertz CT molecular complexity index is 532. The van der Waals surface area contributed by atoms with Gasteiger partial charge in [0, 0.05) is 25.5 Å². The molecule has 96 valence electrons. The van der Waals surface area contributed by atoms with Gasteiger partial charge in [0.2, 0.25) is 0 Å². The fourth-order valence-electron chi connectivity index (χ4n) is 1.67. The van der Waals surface area contributed by atoms with E-state index in [-0.39, 0.29) is 6.61 Å². The first-order valence-corrected chi connectivity index (χ1v) is 6.07. The molecule has 2 aromatic rings. The smallest absolute Gasteiger partial charge is 0.174 e. The van der Waals surface area contributed by atoms with Crippen molar-refractivity contribution in [2.45, 2.75) is 13.1 Å². The topological polar surface area (TPSA) is 57.9 Å². The molecule has 0 bridgehead atoms. The van der Waals surface area contributed by atoms with Crippen LogP contribution in [0.15, 0.2) is 48.8 Å². The van der Waals surface area contributed by atoms with E-state index in [9.17, 15) is 0 Å². The second-order valence-corrected chi connectivity index (χ2v) is 4.06. The maximum atomic E-state index is 8.42. The van der Waals surface area contributed by atoms with Crippen LogP contribution in [0.3, 0.4) is 0 Å². The van der Waals surface area contributed by atoms with Gasteiger partial charge in [-0.1, -0.05) is 18.2 Å². The highest BCUT2D eigenvalue weighted by atomic mass is 16.5. The number of benzene rings is 1. The van der Waals surface area contributed by atoms with E-state index in [0.717, 1.165) is 24.4 Å². The predicted octanol–water partition coefficient (Wildman–Crippen LogP) is 2.27. The summed E-state index contributed by atoms with van der Waals surface area (Å²) in [5.74, 6) is 0.720. The van der Waals surface area contributed by atoms with Crippen LogP contribution in [0, 0.1) is 11.3 Å². The highest BCUT2D eigenvalue weighted by Gasteiger charge is 1.96. The largest absolute Gasteiger partial charge is 0.479 e. The predicted molar refractivity (Wildman–Crippen MR) is 72.3 cm³/mol. The molecule has 19 heavy (non-hydrogen) atoms. The second-order valence-electron chi connectivity index (χ2n) is 4.06. The summed E-state index contributed by atoms with van der Waals surface area (Å²) < 4.78 is 5.19. The van der Waals surface area contributed by atoms with Crippen LogP contribution in [0.2, 0.25) is 0 Å². The first kappa shape index (κ1) is 13.1. The van der Waals surface area contributed by atoms with Crippen LogP contribution in [-0.2, 0) is 13.1 Å². The lowest BCUT2D eigenvalue weighted by molar-refractivity contribution is 0.368. The first-order valence-electron chi connectivity index (χ1n) is 6.07. The van der Waals surface area contributed by atoms with Gasteiger partial charge < -0.3 is 10.1 Å². The summed E-state index contributed by atoms with van der Waals surface area (Å²) in [6.07, 6.45) is 3.62. The number of pyridine rings is 1. The summed E-state index contributed by atoms with van der Waals surface area (Å²) in [6, 6.07) is 13.6. The van der Waals surface area contributed by atoms with Crippen molar-refractivity contribution in [3.8, 4) is 11.8 Å². The van der Waals surface area contributed by atoms with Crippen LogP contribution in [0.1, 0.15) is 11.1 Å². The lowest BCUT2D eigenvalue weighted by atomic mass is 10.2. The van der Waals surface area contributed by atoms with Crippen molar-refractivity contribution in [3.05, 3.63) is 59.9 Å². The fraction of sp³-hybridized carbons (Fsp3) is 0.200. The van der Waals surface area contributed by atoms with E-state index in [1.807, 2.05) is 48.7 Å². The molecule has 0 aliphatic carbocycles. The third-order valence-electron chi connectivity index (χ3n) is 2.61. The summed E-state index contributed by atoms with van der Waals surface area (Å²) in [6.45, 7) is 1.66. The molecule has 2 rings (SSSR count). The Morgan fingerprint density at radius 3 is 2.58 bits per heavy atom. The number of rotatable bonds is 6. The summed E-state index contributed by atoms with van der Waals surface area (Å²) in [7, 11) is 0.